The summed E-state index contributed by atoms with van der Waals surface area (Å²) in [6.45, 7) is 6.12. The number of rotatable bonds is 7. The monoisotopic (exact) mass is 470 g/mol. The molecule has 0 bridgehead atoms. The Bertz CT molecular complexity index is 1380. The van der Waals surface area contributed by atoms with Crippen molar-refractivity contribution in [3.05, 3.63) is 59.9 Å². The molecule has 2 N–H and O–H groups in total. The molecule has 0 spiro atoms. The minimum Gasteiger partial charge on any atom is -0.338 e. The van der Waals surface area contributed by atoms with Crippen LogP contribution in [0.5, 0.6) is 0 Å². The molecule has 2 aromatic heterocycles. The summed E-state index contributed by atoms with van der Waals surface area (Å²) in [6.07, 6.45) is 3.44. The van der Waals surface area contributed by atoms with Crippen LogP contribution in [0, 0.1) is 0 Å². The van der Waals surface area contributed by atoms with Crippen LogP contribution in [0.3, 0.4) is 0 Å². The molecule has 2 aromatic carbocycles. The quantitative estimate of drug-likeness (QED) is 0.384. The van der Waals surface area contributed by atoms with Gasteiger partial charge in [0.25, 0.3) is 0 Å². The summed E-state index contributed by atoms with van der Waals surface area (Å²) in [6, 6.07) is 12.5. The maximum absolute atomic E-state index is 12.7. The first kappa shape index (κ1) is 22.0. The van der Waals surface area contributed by atoms with Gasteiger partial charge in [-0.2, -0.15) is 10.1 Å². The summed E-state index contributed by atoms with van der Waals surface area (Å²) >= 11 is 6.30. The van der Waals surface area contributed by atoms with Gasteiger partial charge in [-0.05, 0) is 51.1 Å². The van der Waals surface area contributed by atoms with E-state index in [-0.39, 0.29) is 9.92 Å². The first-order valence-electron chi connectivity index (χ1n) is 10.1. The zero-order valence-electron chi connectivity index (χ0n) is 17.9. The topological polar surface area (TPSA) is 102 Å². The van der Waals surface area contributed by atoms with Crippen molar-refractivity contribution in [3.63, 3.8) is 0 Å². The molecule has 4 rings (SSSR count). The highest BCUT2D eigenvalue weighted by Crippen LogP contribution is 2.30. The third kappa shape index (κ3) is 4.39. The van der Waals surface area contributed by atoms with E-state index in [4.69, 9.17) is 11.6 Å². The van der Waals surface area contributed by atoms with Crippen LogP contribution < -0.4 is 10.6 Å². The summed E-state index contributed by atoms with van der Waals surface area (Å²) in [7, 11) is -3.49. The van der Waals surface area contributed by atoms with Gasteiger partial charge in [-0.15, -0.1) is 0 Å². The van der Waals surface area contributed by atoms with Crippen LogP contribution in [-0.2, 0) is 16.4 Å². The Morgan fingerprint density at radius 3 is 2.66 bits per heavy atom. The standard InChI is InChI=1S/C22H23ClN6O2S/c1-4-29-13-15-11-16(9-10-18(15)28-29)25-22-24-12-17(23)21(27-22)26-19-7-5-6-8-20(19)32(30,31)14(2)3/h5-14H,4H2,1-3H3,(H2,24,25,26,27). The van der Waals surface area contributed by atoms with E-state index < -0.39 is 15.1 Å². The van der Waals surface area contributed by atoms with Gasteiger partial charge in [0.15, 0.2) is 15.7 Å². The highest BCUT2D eigenvalue weighted by Gasteiger charge is 2.23. The second-order valence-electron chi connectivity index (χ2n) is 7.49. The van der Waals surface area contributed by atoms with Gasteiger partial charge >= 0.3 is 0 Å². The number of fused-ring (bicyclic) bond motifs is 1. The van der Waals surface area contributed by atoms with E-state index in [1.54, 1.807) is 38.1 Å². The average Bonchev–Trinajstić information content (AvgIpc) is 3.19. The highest BCUT2D eigenvalue weighted by molar-refractivity contribution is 7.92. The van der Waals surface area contributed by atoms with Crippen molar-refractivity contribution in [1.82, 2.24) is 19.7 Å². The molecule has 32 heavy (non-hydrogen) atoms. The molecule has 0 unspecified atom stereocenters. The number of para-hydroxylation sites is 1. The predicted octanol–water partition coefficient (Wildman–Crippen LogP) is 5.17. The molecule has 0 aliphatic heterocycles. The number of halogens is 1. The lowest BCUT2D eigenvalue weighted by atomic mass is 10.2. The second-order valence-corrected chi connectivity index (χ2v) is 10.4. The van der Waals surface area contributed by atoms with Gasteiger partial charge in [0, 0.05) is 23.8 Å². The van der Waals surface area contributed by atoms with Crippen molar-refractivity contribution >= 4 is 55.5 Å². The summed E-state index contributed by atoms with van der Waals surface area (Å²) in [4.78, 5) is 8.89. The Hall–Kier alpha value is -3.17. The Kier molecular flexibility index (Phi) is 6.03. The molecule has 0 fully saturated rings. The van der Waals surface area contributed by atoms with Crippen molar-refractivity contribution in [3.8, 4) is 0 Å². The van der Waals surface area contributed by atoms with Gasteiger partial charge < -0.3 is 10.6 Å². The minimum atomic E-state index is -3.49. The molecule has 4 aromatic rings. The summed E-state index contributed by atoms with van der Waals surface area (Å²) in [5, 5.41) is 11.4. The lowest BCUT2D eigenvalue weighted by Crippen LogP contribution is -2.15. The van der Waals surface area contributed by atoms with E-state index in [0.717, 1.165) is 23.1 Å². The van der Waals surface area contributed by atoms with Gasteiger partial charge in [0.1, 0.15) is 5.02 Å². The maximum Gasteiger partial charge on any atom is 0.229 e. The number of hydrogen-bond acceptors (Lipinski definition) is 7. The molecule has 0 aliphatic rings. The first-order chi connectivity index (χ1) is 15.3. The molecule has 8 nitrogen and oxygen atoms in total. The van der Waals surface area contributed by atoms with E-state index in [1.807, 2.05) is 36.0 Å². The number of aryl methyl sites for hydroxylation is 1. The molecule has 2 heterocycles. The third-order valence-corrected chi connectivity index (χ3v) is 7.43. The molecule has 0 amide bonds. The highest BCUT2D eigenvalue weighted by atomic mass is 35.5. The number of anilines is 4. The summed E-state index contributed by atoms with van der Waals surface area (Å²) in [5.41, 5.74) is 2.10. The van der Waals surface area contributed by atoms with Crippen molar-refractivity contribution < 1.29 is 8.42 Å². The molecule has 0 radical (unpaired) electrons. The van der Waals surface area contributed by atoms with E-state index in [2.05, 4.69) is 25.7 Å². The van der Waals surface area contributed by atoms with Gasteiger partial charge in [0.05, 0.1) is 27.5 Å². The number of hydrogen-bond donors (Lipinski definition) is 2. The van der Waals surface area contributed by atoms with Crippen molar-refractivity contribution in [2.75, 3.05) is 10.6 Å². The van der Waals surface area contributed by atoms with Crippen LogP contribution in [-0.4, -0.2) is 33.4 Å². The lowest BCUT2D eigenvalue weighted by Gasteiger charge is -2.15. The number of aromatic nitrogens is 4. The fraction of sp³-hybridized carbons (Fsp3) is 0.227. The maximum atomic E-state index is 12.7. The lowest BCUT2D eigenvalue weighted by molar-refractivity contribution is 0.588. The smallest absolute Gasteiger partial charge is 0.229 e. The van der Waals surface area contributed by atoms with Crippen LogP contribution in [0.2, 0.25) is 5.02 Å². The van der Waals surface area contributed by atoms with Gasteiger partial charge in [-0.1, -0.05) is 23.7 Å². The largest absolute Gasteiger partial charge is 0.338 e. The molecule has 0 saturated carbocycles. The van der Waals surface area contributed by atoms with E-state index in [1.165, 1.54) is 6.20 Å². The number of nitrogens with one attached hydrogen (secondary N) is 2. The van der Waals surface area contributed by atoms with Crippen LogP contribution in [0.1, 0.15) is 20.8 Å². The van der Waals surface area contributed by atoms with E-state index in [0.29, 0.717) is 17.5 Å². The van der Waals surface area contributed by atoms with Crippen molar-refractivity contribution in [2.24, 2.45) is 0 Å². The van der Waals surface area contributed by atoms with E-state index >= 15 is 0 Å². The third-order valence-electron chi connectivity index (χ3n) is 4.94. The van der Waals surface area contributed by atoms with Crippen LogP contribution in [0.4, 0.5) is 23.1 Å². The molecule has 0 saturated heterocycles. The molecule has 0 atom stereocenters. The Morgan fingerprint density at radius 2 is 1.91 bits per heavy atom. The predicted molar refractivity (Wildman–Crippen MR) is 128 cm³/mol. The van der Waals surface area contributed by atoms with Crippen molar-refractivity contribution in [1.29, 1.82) is 0 Å². The zero-order valence-corrected chi connectivity index (χ0v) is 19.4. The van der Waals surface area contributed by atoms with Gasteiger partial charge in [-0.25, -0.2) is 13.4 Å². The number of benzene rings is 2. The van der Waals surface area contributed by atoms with Crippen LogP contribution >= 0.6 is 11.6 Å². The SMILES string of the molecule is CCn1cc2cc(Nc3ncc(Cl)c(Nc4ccccc4S(=O)(=O)C(C)C)n3)ccc2n1. The number of sulfone groups is 1. The van der Waals surface area contributed by atoms with Gasteiger partial charge in [0.2, 0.25) is 5.95 Å². The molecule has 10 heteroatoms. The minimum absolute atomic E-state index is 0.192. The summed E-state index contributed by atoms with van der Waals surface area (Å²) < 4.78 is 27.4. The Labute approximate surface area is 191 Å². The van der Waals surface area contributed by atoms with Crippen LogP contribution in [0.25, 0.3) is 10.9 Å². The van der Waals surface area contributed by atoms with Crippen LogP contribution in [0.15, 0.2) is 59.8 Å². The zero-order chi connectivity index (χ0) is 22.9. The molecular weight excluding hydrogens is 448 g/mol. The molecule has 0 aliphatic carbocycles. The van der Waals surface area contributed by atoms with Crippen molar-refractivity contribution in [2.45, 2.75) is 37.5 Å². The Balaban J connectivity index is 1.63. The van der Waals surface area contributed by atoms with E-state index in [9.17, 15) is 8.42 Å². The molecular formula is C22H23ClN6O2S. The average molecular weight is 471 g/mol. The fourth-order valence-electron chi connectivity index (χ4n) is 3.16. The normalized spacial score (nSPS) is 11.8. The van der Waals surface area contributed by atoms with Gasteiger partial charge in [-0.3, -0.25) is 4.68 Å². The summed E-state index contributed by atoms with van der Waals surface area (Å²) in [5.74, 6) is 0.624. The first-order valence-corrected chi connectivity index (χ1v) is 12.1. The second kappa shape index (κ2) is 8.76. The Morgan fingerprint density at radius 1 is 1.12 bits per heavy atom. The number of nitrogens with zero attached hydrogens (tertiary/aromatic N) is 4. The fourth-order valence-corrected chi connectivity index (χ4v) is 4.50. The molecule has 166 valence electrons.